The van der Waals surface area contributed by atoms with Crippen LogP contribution in [0.3, 0.4) is 0 Å². The fourth-order valence-electron chi connectivity index (χ4n) is 4.25. The number of aliphatic imine (C=N–C) groups is 1. The third-order valence-corrected chi connectivity index (χ3v) is 6.25. The maximum atomic E-state index is 14.5. The zero-order valence-corrected chi connectivity index (χ0v) is 18.4. The van der Waals surface area contributed by atoms with Crippen molar-refractivity contribution in [3.8, 4) is 5.75 Å². The molecule has 170 valence electrons. The Morgan fingerprint density at radius 1 is 1.47 bits per heavy atom. The number of pyridine rings is 1. The lowest BCUT2D eigenvalue weighted by molar-refractivity contribution is 0.0650. The van der Waals surface area contributed by atoms with Gasteiger partial charge in [0.25, 0.3) is 11.8 Å². The highest BCUT2D eigenvalue weighted by atomic mass is 35.5. The van der Waals surface area contributed by atoms with Crippen molar-refractivity contribution in [2.75, 3.05) is 25.1 Å². The van der Waals surface area contributed by atoms with E-state index >= 15 is 0 Å². The molecule has 1 aromatic rings. The molecule has 1 aromatic heterocycles. The minimum Gasteiger partial charge on any atom is -0.502 e. The van der Waals surface area contributed by atoms with E-state index in [4.69, 9.17) is 11.6 Å². The number of carbonyl (C=O) groups excluding carboxylic acids is 2. The van der Waals surface area contributed by atoms with Gasteiger partial charge in [-0.15, -0.1) is 0 Å². The Balaban J connectivity index is 1.67. The third-order valence-electron chi connectivity index (χ3n) is 5.96. The molecule has 1 saturated heterocycles. The summed E-state index contributed by atoms with van der Waals surface area (Å²) in [5.74, 6) is -2.18. The number of piperidine rings is 1. The van der Waals surface area contributed by atoms with Gasteiger partial charge in [-0.3, -0.25) is 29.1 Å². The van der Waals surface area contributed by atoms with E-state index in [0.29, 0.717) is 6.54 Å². The molecule has 2 unspecified atom stereocenters. The lowest BCUT2D eigenvalue weighted by Gasteiger charge is -2.48. The molecular formula is C21H23ClFN5O4. The van der Waals surface area contributed by atoms with E-state index in [-0.39, 0.29) is 23.4 Å². The Morgan fingerprint density at radius 3 is 2.91 bits per heavy atom. The number of allylic oxidation sites excluding steroid dienone is 1. The van der Waals surface area contributed by atoms with Crippen molar-refractivity contribution in [1.29, 1.82) is 0 Å². The number of hydrogen-bond acceptors (Lipinski definition) is 6. The Kier molecular flexibility index (Phi) is 5.36. The molecule has 4 rings (SSSR count). The van der Waals surface area contributed by atoms with Gasteiger partial charge in [0.2, 0.25) is 5.43 Å². The summed E-state index contributed by atoms with van der Waals surface area (Å²) in [6.07, 6.45) is 3.41. The number of hydrogen-bond donors (Lipinski definition) is 2. The maximum Gasteiger partial charge on any atom is 0.278 e. The number of likely N-dealkylation sites (N-methyl/N-ethyl adjacent to an activating group) is 1. The van der Waals surface area contributed by atoms with Gasteiger partial charge in [0.05, 0.1) is 0 Å². The van der Waals surface area contributed by atoms with Crippen molar-refractivity contribution in [3.63, 3.8) is 0 Å². The summed E-state index contributed by atoms with van der Waals surface area (Å²) >= 11 is 6.02. The highest BCUT2D eigenvalue weighted by molar-refractivity contribution is 6.25. The van der Waals surface area contributed by atoms with Gasteiger partial charge in [0, 0.05) is 32.5 Å². The molecule has 0 aromatic carbocycles. The number of fused-ring (bicyclic) bond motifs is 3. The van der Waals surface area contributed by atoms with Crippen LogP contribution in [0.25, 0.3) is 0 Å². The Bertz CT molecular complexity index is 1140. The van der Waals surface area contributed by atoms with E-state index in [1.807, 2.05) is 0 Å². The van der Waals surface area contributed by atoms with Crippen LogP contribution in [-0.4, -0.2) is 70.2 Å². The summed E-state index contributed by atoms with van der Waals surface area (Å²) < 4.78 is 15.9. The van der Waals surface area contributed by atoms with Gasteiger partial charge in [-0.25, -0.2) is 4.39 Å². The molecule has 0 spiro atoms. The minimum absolute atomic E-state index is 0.192. The summed E-state index contributed by atoms with van der Waals surface area (Å²) in [6.45, 7) is 5.77. The zero-order chi connectivity index (χ0) is 23.4. The smallest absolute Gasteiger partial charge is 0.278 e. The van der Waals surface area contributed by atoms with E-state index in [0.717, 1.165) is 18.4 Å². The fourth-order valence-corrected chi connectivity index (χ4v) is 4.45. The van der Waals surface area contributed by atoms with Crippen LogP contribution < -0.4 is 15.8 Å². The van der Waals surface area contributed by atoms with Crippen molar-refractivity contribution < 1.29 is 19.1 Å². The number of halogens is 2. The molecule has 2 N–H and O–H groups in total. The number of nitrogens with zero attached hydrogens (tertiary/aromatic N) is 4. The van der Waals surface area contributed by atoms with E-state index in [9.17, 15) is 23.9 Å². The molecule has 2 amide bonds. The predicted molar refractivity (Wildman–Crippen MR) is 118 cm³/mol. The van der Waals surface area contributed by atoms with Gasteiger partial charge in [-0.05, 0) is 37.0 Å². The van der Waals surface area contributed by atoms with Crippen LogP contribution in [0.15, 0.2) is 39.8 Å². The molecular weight excluding hydrogens is 441 g/mol. The second-order valence-electron chi connectivity index (χ2n) is 8.22. The number of aromatic nitrogens is 1. The minimum atomic E-state index is -1.62. The van der Waals surface area contributed by atoms with Crippen LogP contribution in [0, 0.1) is 0 Å². The van der Waals surface area contributed by atoms with Crippen LogP contribution in [0.2, 0.25) is 0 Å². The van der Waals surface area contributed by atoms with Gasteiger partial charge < -0.3 is 15.3 Å². The van der Waals surface area contributed by atoms with Gasteiger partial charge in [-0.2, -0.15) is 0 Å². The SMILES string of the molecule is C=C1CCCN2[C@@H]1N(C)C(=O)c1c(O)c(=O)c(C(=O)NCC3=CC=NC(C)(Cl)C3F)cn12. The van der Waals surface area contributed by atoms with Crippen molar-refractivity contribution in [2.24, 2.45) is 4.99 Å². The molecule has 4 heterocycles. The number of alkyl halides is 2. The molecule has 9 nitrogen and oxygen atoms in total. The number of amides is 2. The largest absolute Gasteiger partial charge is 0.502 e. The highest BCUT2D eigenvalue weighted by Crippen LogP contribution is 2.32. The van der Waals surface area contributed by atoms with Crippen molar-refractivity contribution >= 4 is 29.6 Å². The molecule has 3 aliphatic heterocycles. The number of carbonyl (C=O) groups is 2. The predicted octanol–water partition coefficient (Wildman–Crippen LogP) is 1.29. The first-order valence-corrected chi connectivity index (χ1v) is 10.5. The molecule has 0 bridgehead atoms. The van der Waals surface area contributed by atoms with Crippen LogP contribution >= 0.6 is 11.6 Å². The van der Waals surface area contributed by atoms with Crippen LogP contribution in [0.5, 0.6) is 5.75 Å². The number of nitrogens with one attached hydrogen (secondary N) is 1. The third kappa shape index (κ3) is 3.38. The maximum absolute atomic E-state index is 14.5. The first-order valence-electron chi connectivity index (χ1n) is 10.1. The Labute approximate surface area is 188 Å². The van der Waals surface area contributed by atoms with Gasteiger partial charge in [0.1, 0.15) is 11.7 Å². The fraction of sp³-hybridized carbons (Fsp3) is 0.429. The zero-order valence-electron chi connectivity index (χ0n) is 17.6. The molecule has 32 heavy (non-hydrogen) atoms. The summed E-state index contributed by atoms with van der Waals surface area (Å²) in [6, 6.07) is 0. The van der Waals surface area contributed by atoms with Crippen molar-refractivity contribution in [3.05, 3.63) is 51.5 Å². The van der Waals surface area contributed by atoms with Gasteiger partial charge in [0.15, 0.2) is 22.6 Å². The monoisotopic (exact) mass is 463 g/mol. The van der Waals surface area contributed by atoms with E-state index in [1.54, 1.807) is 12.1 Å². The van der Waals surface area contributed by atoms with E-state index < -0.39 is 40.3 Å². The molecule has 3 aliphatic rings. The molecule has 0 saturated carbocycles. The van der Waals surface area contributed by atoms with Crippen molar-refractivity contribution in [2.45, 2.75) is 37.1 Å². The molecule has 11 heteroatoms. The van der Waals surface area contributed by atoms with E-state index in [2.05, 4.69) is 16.9 Å². The topological polar surface area (TPSA) is 107 Å². The first kappa shape index (κ1) is 22.1. The molecule has 0 radical (unpaired) electrons. The van der Waals surface area contributed by atoms with Gasteiger partial charge in [-0.1, -0.05) is 18.2 Å². The number of aromatic hydroxyl groups is 1. The number of rotatable bonds is 3. The summed E-state index contributed by atoms with van der Waals surface area (Å²) in [5.41, 5.74) is -0.563. The lowest BCUT2D eigenvalue weighted by atomic mass is 10.0. The summed E-state index contributed by atoms with van der Waals surface area (Å²) in [5, 5.41) is 14.8. The highest BCUT2D eigenvalue weighted by Gasteiger charge is 2.41. The quantitative estimate of drug-likeness (QED) is 0.399. The second-order valence-corrected chi connectivity index (χ2v) is 8.98. The average molecular weight is 464 g/mol. The second kappa shape index (κ2) is 7.77. The molecule has 3 atom stereocenters. The molecule has 0 aliphatic carbocycles. The van der Waals surface area contributed by atoms with Crippen LogP contribution in [0.4, 0.5) is 4.39 Å². The van der Waals surface area contributed by atoms with Crippen LogP contribution in [0.1, 0.15) is 40.6 Å². The van der Waals surface area contributed by atoms with Crippen LogP contribution in [-0.2, 0) is 0 Å². The summed E-state index contributed by atoms with van der Waals surface area (Å²) in [7, 11) is 1.57. The Hall–Kier alpha value is -3.14. The summed E-state index contributed by atoms with van der Waals surface area (Å²) in [4.78, 5) is 42.2. The van der Waals surface area contributed by atoms with Gasteiger partial charge >= 0.3 is 0 Å². The standard InChI is InChI=1S/C21H23ClFN5O4/c1-11-5-4-8-27-19(11)26(3)20(32)14-16(30)15(29)13(10-28(14)27)18(31)24-9-12-6-7-25-21(2,22)17(12)23/h6-7,10,17,19,30H,1,4-5,8-9H2,2-3H3,(H,24,31)/t17?,19-,21?/m0/s1. The number of dihydropyridines is 1. The normalized spacial score (nSPS) is 27.1. The average Bonchev–Trinajstić information content (AvgIpc) is 2.74. The first-order chi connectivity index (χ1) is 15.0. The lowest BCUT2D eigenvalue weighted by Crippen LogP contribution is -2.62. The Morgan fingerprint density at radius 2 is 2.19 bits per heavy atom. The molecule has 1 fully saturated rings. The van der Waals surface area contributed by atoms with E-state index in [1.165, 1.54) is 35.0 Å². The van der Waals surface area contributed by atoms with Crippen molar-refractivity contribution in [1.82, 2.24) is 14.9 Å².